The van der Waals surface area contributed by atoms with Gasteiger partial charge >= 0.3 is 0 Å². The SMILES string of the molecule is COc1ccccc1CC(=O)c1cc(Cl)cc2c1OCC2. The summed E-state index contributed by atoms with van der Waals surface area (Å²) in [5, 5.41) is 0.572. The van der Waals surface area contributed by atoms with E-state index in [0.717, 1.165) is 17.5 Å². The molecule has 0 spiro atoms. The maximum Gasteiger partial charge on any atom is 0.171 e. The molecule has 0 N–H and O–H groups in total. The number of rotatable bonds is 4. The fourth-order valence-corrected chi connectivity index (χ4v) is 2.83. The summed E-state index contributed by atoms with van der Waals surface area (Å²) >= 11 is 6.10. The van der Waals surface area contributed by atoms with Gasteiger partial charge in [0.05, 0.1) is 19.3 Å². The molecule has 0 atom stereocenters. The van der Waals surface area contributed by atoms with Crippen molar-refractivity contribution in [1.29, 1.82) is 0 Å². The number of carbonyl (C=O) groups excluding carboxylic acids is 1. The van der Waals surface area contributed by atoms with Crippen LogP contribution in [0, 0.1) is 0 Å². The van der Waals surface area contributed by atoms with E-state index < -0.39 is 0 Å². The summed E-state index contributed by atoms with van der Waals surface area (Å²) in [6.45, 7) is 0.602. The molecule has 0 aliphatic carbocycles. The van der Waals surface area contributed by atoms with E-state index in [0.29, 0.717) is 28.7 Å². The van der Waals surface area contributed by atoms with Crippen LogP contribution in [0.2, 0.25) is 5.02 Å². The van der Waals surface area contributed by atoms with Crippen LogP contribution in [-0.2, 0) is 12.8 Å². The van der Waals surface area contributed by atoms with Crippen molar-refractivity contribution in [3.8, 4) is 11.5 Å². The summed E-state index contributed by atoms with van der Waals surface area (Å²) in [6, 6.07) is 11.1. The van der Waals surface area contributed by atoms with Gasteiger partial charge in [-0.1, -0.05) is 29.8 Å². The Morgan fingerprint density at radius 3 is 2.95 bits per heavy atom. The zero-order valence-electron chi connectivity index (χ0n) is 11.7. The molecule has 0 saturated heterocycles. The Morgan fingerprint density at radius 2 is 2.14 bits per heavy atom. The first kappa shape index (κ1) is 14.0. The van der Waals surface area contributed by atoms with E-state index in [9.17, 15) is 4.79 Å². The lowest BCUT2D eigenvalue weighted by atomic mass is 9.99. The van der Waals surface area contributed by atoms with Gasteiger partial charge in [-0.3, -0.25) is 4.79 Å². The molecule has 0 bridgehead atoms. The quantitative estimate of drug-likeness (QED) is 0.808. The molecule has 3 nitrogen and oxygen atoms in total. The predicted octanol–water partition coefficient (Wildman–Crippen LogP) is 3.71. The first-order valence-corrected chi connectivity index (χ1v) is 7.17. The molecule has 21 heavy (non-hydrogen) atoms. The molecular weight excluding hydrogens is 288 g/mol. The lowest BCUT2D eigenvalue weighted by Gasteiger charge is -2.10. The second kappa shape index (κ2) is 5.78. The van der Waals surface area contributed by atoms with Gasteiger partial charge in [-0.25, -0.2) is 0 Å². The summed E-state index contributed by atoms with van der Waals surface area (Å²) in [7, 11) is 1.60. The molecule has 0 saturated carbocycles. The van der Waals surface area contributed by atoms with Crippen molar-refractivity contribution in [2.24, 2.45) is 0 Å². The second-order valence-electron chi connectivity index (χ2n) is 4.95. The Morgan fingerprint density at radius 1 is 1.33 bits per heavy atom. The van der Waals surface area contributed by atoms with E-state index in [1.165, 1.54) is 0 Å². The number of hydrogen-bond acceptors (Lipinski definition) is 3. The maximum absolute atomic E-state index is 12.6. The summed E-state index contributed by atoms with van der Waals surface area (Å²) in [5.41, 5.74) is 2.42. The Kier molecular flexibility index (Phi) is 3.84. The molecule has 1 aliphatic rings. The number of ketones is 1. The molecule has 2 aromatic rings. The minimum atomic E-state index is -0.0137. The molecule has 2 aromatic carbocycles. The van der Waals surface area contributed by atoms with Gasteiger partial charge in [0.2, 0.25) is 0 Å². The second-order valence-corrected chi connectivity index (χ2v) is 5.39. The van der Waals surface area contributed by atoms with E-state index >= 15 is 0 Å². The number of carbonyl (C=O) groups is 1. The number of hydrogen-bond donors (Lipinski definition) is 0. The van der Waals surface area contributed by atoms with Crippen LogP contribution in [0.15, 0.2) is 36.4 Å². The number of fused-ring (bicyclic) bond motifs is 1. The molecule has 0 amide bonds. The van der Waals surface area contributed by atoms with Crippen molar-refractivity contribution in [3.63, 3.8) is 0 Å². The van der Waals surface area contributed by atoms with Gasteiger partial charge in [0, 0.05) is 23.4 Å². The average molecular weight is 303 g/mol. The van der Waals surface area contributed by atoms with Crippen LogP contribution in [0.3, 0.4) is 0 Å². The standard InChI is InChI=1S/C17H15ClO3/c1-20-16-5-3-2-4-11(16)9-15(19)14-10-13(18)8-12-6-7-21-17(12)14/h2-5,8,10H,6-7,9H2,1H3. The highest BCUT2D eigenvalue weighted by Gasteiger charge is 2.22. The number of halogens is 1. The first-order valence-electron chi connectivity index (χ1n) is 6.79. The van der Waals surface area contributed by atoms with Crippen molar-refractivity contribution in [2.75, 3.05) is 13.7 Å². The molecule has 4 heteroatoms. The number of Topliss-reactive ketones (excluding diaryl/α,β-unsaturated/α-hetero) is 1. The van der Waals surface area contributed by atoms with Crippen LogP contribution >= 0.6 is 11.6 Å². The van der Waals surface area contributed by atoms with Crippen molar-refractivity contribution in [1.82, 2.24) is 0 Å². The summed E-state index contributed by atoms with van der Waals surface area (Å²) in [4.78, 5) is 12.6. The first-order chi connectivity index (χ1) is 10.2. The van der Waals surface area contributed by atoms with Crippen molar-refractivity contribution in [3.05, 3.63) is 58.1 Å². The van der Waals surface area contributed by atoms with Gasteiger partial charge in [0.25, 0.3) is 0 Å². The van der Waals surface area contributed by atoms with E-state index in [1.54, 1.807) is 13.2 Å². The zero-order chi connectivity index (χ0) is 14.8. The Hall–Kier alpha value is -2.00. The Bertz CT molecular complexity index is 694. The Balaban J connectivity index is 1.93. The van der Waals surface area contributed by atoms with Gasteiger partial charge in [-0.2, -0.15) is 0 Å². The fourth-order valence-electron chi connectivity index (χ4n) is 2.59. The molecule has 3 rings (SSSR count). The topological polar surface area (TPSA) is 35.5 Å². The lowest BCUT2D eigenvalue weighted by molar-refractivity contribution is 0.0989. The highest BCUT2D eigenvalue weighted by molar-refractivity contribution is 6.31. The van der Waals surface area contributed by atoms with E-state index in [1.807, 2.05) is 30.3 Å². The van der Waals surface area contributed by atoms with Crippen molar-refractivity contribution < 1.29 is 14.3 Å². The van der Waals surface area contributed by atoms with Crippen LogP contribution < -0.4 is 9.47 Å². The lowest BCUT2D eigenvalue weighted by Crippen LogP contribution is -2.07. The Labute approximate surface area is 128 Å². The highest BCUT2D eigenvalue weighted by Crippen LogP contribution is 2.34. The van der Waals surface area contributed by atoms with E-state index in [-0.39, 0.29) is 12.2 Å². The smallest absolute Gasteiger partial charge is 0.171 e. The minimum Gasteiger partial charge on any atom is -0.496 e. The highest BCUT2D eigenvalue weighted by atomic mass is 35.5. The molecule has 1 heterocycles. The monoisotopic (exact) mass is 302 g/mol. The molecule has 0 fully saturated rings. The largest absolute Gasteiger partial charge is 0.496 e. The predicted molar refractivity (Wildman–Crippen MR) is 81.7 cm³/mol. The van der Waals surface area contributed by atoms with E-state index in [4.69, 9.17) is 21.1 Å². The van der Waals surface area contributed by atoms with Gasteiger partial charge < -0.3 is 9.47 Å². The fraction of sp³-hybridized carbons (Fsp3) is 0.235. The third kappa shape index (κ3) is 2.74. The molecule has 1 aliphatic heterocycles. The van der Waals surface area contributed by atoms with Gasteiger partial charge in [-0.15, -0.1) is 0 Å². The number of benzene rings is 2. The summed E-state index contributed by atoms with van der Waals surface area (Å²) in [5.74, 6) is 1.38. The van der Waals surface area contributed by atoms with Gasteiger partial charge in [0.15, 0.2) is 5.78 Å². The minimum absolute atomic E-state index is 0.0137. The number of ether oxygens (including phenoxy) is 2. The van der Waals surface area contributed by atoms with Crippen LogP contribution in [-0.4, -0.2) is 19.5 Å². The summed E-state index contributed by atoms with van der Waals surface area (Å²) in [6.07, 6.45) is 1.06. The van der Waals surface area contributed by atoms with Crippen LogP contribution in [0.5, 0.6) is 11.5 Å². The molecule has 0 unspecified atom stereocenters. The number of para-hydroxylation sites is 1. The third-order valence-corrected chi connectivity index (χ3v) is 3.81. The zero-order valence-corrected chi connectivity index (χ0v) is 12.4. The summed E-state index contributed by atoms with van der Waals surface area (Å²) < 4.78 is 10.9. The van der Waals surface area contributed by atoms with Gasteiger partial charge in [-0.05, 0) is 23.8 Å². The van der Waals surface area contributed by atoms with E-state index in [2.05, 4.69) is 0 Å². The molecule has 108 valence electrons. The third-order valence-electron chi connectivity index (χ3n) is 3.59. The normalized spacial score (nSPS) is 12.7. The maximum atomic E-state index is 12.6. The number of methoxy groups -OCH3 is 1. The molecule has 0 radical (unpaired) electrons. The van der Waals surface area contributed by atoms with Crippen LogP contribution in [0.4, 0.5) is 0 Å². The van der Waals surface area contributed by atoms with Gasteiger partial charge in [0.1, 0.15) is 11.5 Å². The van der Waals surface area contributed by atoms with Crippen molar-refractivity contribution in [2.45, 2.75) is 12.8 Å². The molecule has 0 aromatic heterocycles. The molecular formula is C17H15ClO3. The van der Waals surface area contributed by atoms with Crippen LogP contribution in [0.1, 0.15) is 21.5 Å². The average Bonchev–Trinajstić information content (AvgIpc) is 2.94. The van der Waals surface area contributed by atoms with Crippen LogP contribution in [0.25, 0.3) is 0 Å². The van der Waals surface area contributed by atoms with Crippen molar-refractivity contribution >= 4 is 17.4 Å².